The third kappa shape index (κ3) is 7.65. The van der Waals surface area contributed by atoms with Crippen molar-refractivity contribution in [2.75, 3.05) is 14.2 Å². The zero-order chi connectivity index (χ0) is 28.8. The maximum Gasteiger partial charge on any atom is 0.498 e. The highest BCUT2D eigenvalue weighted by atomic mass is 79.9. The number of hydrogen-bond donors (Lipinski definition) is 0. The summed E-state index contributed by atoms with van der Waals surface area (Å²) < 4.78 is 31.9. The van der Waals surface area contributed by atoms with Crippen LogP contribution in [0.3, 0.4) is 0 Å². The van der Waals surface area contributed by atoms with E-state index in [2.05, 4.69) is 25.4 Å². The van der Waals surface area contributed by atoms with Crippen LogP contribution in [0, 0.1) is 0 Å². The maximum atomic E-state index is 11.7. The molecule has 12 heteroatoms. The van der Waals surface area contributed by atoms with E-state index in [-0.39, 0.29) is 11.3 Å². The minimum Gasteiger partial charge on any atom is -0.465 e. The summed E-state index contributed by atoms with van der Waals surface area (Å²) >= 11 is 3.20. The van der Waals surface area contributed by atoms with Gasteiger partial charge in [-0.25, -0.2) is 9.59 Å². The highest BCUT2D eigenvalue weighted by Gasteiger charge is 2.52. The van der Waals surface area contributed by atoms with Gasteiger partial charge in [0.15, 0.2) is 0 Å². The molecule has 38 heavy (non-hydrogen) atoms. The molecule has 204 valence electrons. The van der Waals surface area contributed by atoms with Crippen LogP contribution >= 0.6 is 15.9 Å². The summed E-state index contributed by atoms with van der Waals surface area (Å²) in [6.07, 6.45) is 0. The van der Waals surface area contributed by atoms with E-state index in [9.17, 15) is 19.2 Å². The van der Waals surface area contributed by atoms with Gasteiger partial charge in [-0.2, -0.15) is 0 Å². The van der Waals surface area contributed by atoms with Crippen LogP contribution in [0.2, 0.25) is 0 Å². The zero-order valence-electron chi connectivity index (χ0n) is 22.5. The van der Waals surface area contributed by atoms with Gasteiger partial charge >= 0.3 is 31.0 Å². The number of benzene rings is 2. The fourth-order valence-electron chi connectivity index (χ4n) is 3.17. The van der Waals surface area contributed by atoms with Crippen molar-refractivity contribution in [2.45, 2.75) is 52.7 Å². The molecule has 1 aliphatic heterocycles. The molecule has 1 saturated heterocycles. The van der Waals surface area contributed by atoms with Crippen molar-refractivity contribution >= 4 is 52.4 Å². The first-order valence-electron chi connectivity index (χ1n) is 11.4. The Kier molecular flexibility index (Phi) is 10.2. The van der Waals surface area contributed by atoms with Crippen LogP contribution in [0.4, 0.5) is 0 Å². The van der Waals surface area contributed by atoms with Crippen molar-refractivity contribution in [1.82, 2.24) is 0 Å². The molecule has 0 radical (unpaired) electrons. The lowest BCUT2D eigenvalue weighted by Crippen LogP contribution is -2.41. The molecule has 0 atom stereocenters. The number of carbonyl (C=O) groups excluding carboxylic acids is 4. The fourth-order valence-corrected chi connectivity index (χ4v) is 3.50. The number of ether oxygens (including phenoxy) is 4. The lowest BCUT2D eigenvalue weighted by atomic mass is 9.78. The molecule has 3 rings (SSSR count). The normalized spacial score (nSPS) is 15.0. The number of carbonyl (C=O) groups is 4. The van der Waals surface area contributed by atoms with E-state index in [0.29, 0.717) is 21.2 Å². The zero-order valence-corrected chi connectivity index (χ0v) is 24.1. The molecule has 0 unspecified atom stereocenters. The second-order valence-electron chi connectivity index (χ2n) is 9.16. The Morgan fingerprint density at radius 3 is 1.61 bits per heavy atom. The number of esters is 4. The molecule has 1 heterocycles. The van der Waals surface area contributed by atoms with Crippen molar-refractivity contribution in [3.8, 4) is 11.5 Å². The Morgan fingerprint density at radius 1 is 0.737 bits per heavy atom. The fraction of sp³-hybridized carbons (Fsp3) is 0.385. The first-order valence-corrected chi connectivity index (χ1v) is 12.2. The number of halogens is 1. The van der Waals surface area contributed by atoms with E-state index >= 15 is 0 Å². The first kappa shape index (κ1) is 31.0. The summed E-state index contributed by atoms with van der Waals surface area (Å²) in [4.78, 5) is 45.0. The van der Waals surface area contributed by atoms with Crippen LogP contribution < -0.4 is 14.9 Å². The molecule has 0 aliphatic carbocycles. The molecule has 2 aromatic rings. The van der Waals surface area contributed by atoms with Crippen LogP contribution in [0.5, 0.6) is 11.5 Å². The summed E-state index contributed by atoms with van der Waals surface area (Å²) in [7, 11) is 1.88. The van der Waals surface area contributed by atoms with Gasteiger partial charge in [-0.3, -0.25) is 9.59 Å². The van der Waals surface area contributed by atoms with Gasteiger partial charge in [0, 0.05) is 19.3 Å². The lowest BCUT2D eigenvalue weighted by Gasteiger charge is -2.32. The van der Waals surface area contributed by atoms with Gasteiger partial charge in [0.25, 0.3) is 0 Å². The number of hydrogen-bond acceptors (Lipinski definition) is 10. The third-order valence-electron chi connectivity index (χ3n) is 5.80. The highest BCUT2D eigenvalue weighted by molar-refractivity contribution is 9.10. The Labute approximate surface area is 230 Å². The summed E-state index contributed by atoms with van der Waals surface area (Å²) in [5.74, 6) is -1.42. The van der Waals surface area contributed by atoms with Crippen molar-refractivity contribution in [3.05, 3.63) is 52.0 Å². The van der Waals surface area contributed by atoms with Crippen LogP contribution in [0.15, 0.2) is 40.9 Å². The topological polar surface area (TPSA) is 124 Å². The predicted octanol–water partition coefficient (Wildman–Crippen LogP) is 3.86. The van der Waals surface area contributed by atoms with Gasteiger partial charge < -0.3 is 28.3 Å². The molecule has 1 aliphatic rings. The van der Waals surface area contributed by atoms with E-state index in [0.717, 1.165) is 0 Å². The van der Waals surface area contributed by atoms with Gasteiger partial charge in [0.05, 0.1) is 41.0 Å². The second-order valence-corrected chi connectivity index (χ2v) is 10.0. The molecule has 1 fully saturated rings. The Balaban J connectivity index is 0.000000293. The molecular formula is C26H30BBrO10. The van der Waals surface area contributed by atoms with Gasteiger partial charge in [-0.15, -0.1) is 0 Å². The van der Waals surface area contributed by atoms with Gasteiger partial charge in [-0.05, 0) is 74.0 Å². The summed E-state index contributed by atoms with van der Waals surface area (Å²) in [6.45, 7) is 10.3. The Hall–Kier alpha value is -3.22. The van der Waals surface area contributed by atoms with Crippen LogP contribution in [-0.4, -0.2) is 56.4 Å². The van der Waals surface area contributed by atoms with Gasteiger partial charge in [0.1, 0.15) is 11.5 Å². The van der Waals surface area contributed by atoms with Crippen molar-refractivity contribution in [1.29, 1.82) is 0 Å². The number of methoxy groups -OCH3 is 2. The molecule has 10 nitrogen and oxygen atoms in total. The largest absolute Gasteiger partial charge is 0.498 e. The predicted molar refractivity (Wildman–Crippen MR) is 142 cm³/mol. The minimum absolute atomic E-state index is 0.221. The lowest BCUT2D eigenvalue weighted by molar-refractivity contribution is -0.132. The SMILES string of the molecule is COC(=O)c1ccc(B2OC(C)(C)C(C)(C)O2)c(OC(C)=O)c1.COC(=O)c1ccc(Br)c(OC(C)=O)c1. The molecular weight excluding hydrogens is 563 g/mol. The quantitative estimate of drug-likeness (QED) is 0.287. The average molecular weight is 593 g/mol. The van der Waals surface area contributed by atoms with Crippen LogP contribution in [0.25, 0.3) is 0 Å². The number of rotatable bonds is 5. The van der Waals surface area contributed by atoms with E-state index in [1.165, 1.54) is 40.2 Å². The Bertz CT molecular complexity index is 1210. The van der Waals surface area contributed by atoms with Crippen molar-refractivity contribution < 1.29 is 47.4 Å². The highest BCUT2D eigenvalue weighted by Crippen LogP contribution is 2.37. The molecule has 0 bridgehead atoms. The maximum absolute atomic E-state index is 11.7. The first-order chi connectivity index (χ1) is 17.6. The smallest absolute Gasteiger partial charge is 0.465 e. The van der Waals surface area contributed by atoms with E-state index < -0.39 is 42.2 Å². The summed E-state index contributed by atoms with van der Waals surface area (Å²) in [5, 5.41) is 0. The average Bonchev–Trinajstić information content (AvgIpc) is 3.05. The molecule has 0 amide bonds. The molecule has 0 spiro atoms. The summed E-state index contributed by atoms with van der Waals surface area (Å²) in [5.41, 5.74) is 0.116. The van der Waals surface area contributed by atoms with Crippen molar-refractivity contribution in [2.24, 2.45) is 0 Å². The Morgan fingerprint density at radius 2 is 1.16 bits per heavy atom. The van der Waals surface area contributed by atoms with Crippen molar-refractivity contribution in [3.63, 3.8) is 0 Å². The van der Waals surface area contributed by atoms with Crippen LogP contribution in [0.1, 0.15) is 62.3 Å². The molecule has 0 aromatic heterocycles. The molecule has 2 aromatic carbocycles. The summed E-state index contributed by atoms with van der Waals surface area (Å²) in [6, 6.07) is 9.31. The second kappa shape index (κ2) is 12.6. The third-order valence-corrected chi connectivity index (χ3v) is 6.46. The molecule has 0 N–H and O–H groups in total. The van der Waals surface area contributed by atoms with E-state index in [1.54, 1.807) is 24.3 Å². The van der Waals surface area contributed by atoms with Gasteiger partial charge in [0.2, 0.25) is 0 Å². The minimum atomic E-state index is -0.693. The molecule has 0 saturated carbocycles. The van der Waals surface area contributed by atoms with Crippen LogP contribution in [-0.2, 0) is 28.4 Å². The monoisotopic (exact) mass is 592 g/mol. The van der Waals surface area contributed by atoms with Gasteiger partial charge in [-0.1, -0.05) is 6.07 Å². The standard InChI is InChI=1S/C16H21BO6.C10H9BrO4/c1-10(18)21-13-9-11(14(19)20-6)7-8-12(13)17-22-15(2,3)16(4,5)23-17;1-6(12)15-9-5-7(10(13)14-2)3-4-8(9)11/h7-9H,1-6H3;3-5H,1-2H3. The van der Waals surface area contributed by atoms with E-state index in [4.69, 9.17) is 18.8 Å². The van der Waals surface area contributed by atoms with E-state index in [1.807, 2.05) is 27.7 Å².